The van der Waals surface area contributed by atoms with Gasteiger partial charge in [0, 0.05) is 32.7 Å². The Morgan fingerprint density at radius 3 is 3.25 bits per heavy atom. The quantitative estimate of drug-likeness (QED) is 0.577. The number of aliphatic hydroxyl groups excluding tert-OH is 1. The van der Waals surface area contributed by atoms with Crippen LogP contribution in [0.2, 0.25) is 0 Å². The van der Waals surface area contributed by atoms with Gasteiger partial charge in [-0.05, 0) is 6.42 Å². The van der Waals surface area contributed by atoms with Crippen molar-refractivity contribution in [1.82, 2.24) is 10.2 Å². The minimum Gasteiger partial charge on any atom is -0.390 e. The van der Waals surface area contributed by atoms with E-state index in [-0.39, 0.29) is 6.10 Å². The number of aliphatic hydroxyl groups is 1. The molecular formula is C9H18N2O. The lowest BCUT2D eigenvalue weighted by atomic mass is 10.3. The molecule has 12 heavy (non-hydrogen) atoms. The first kappa shape index (κ1) is 9.71. The highest BCUT2D eigenvalue weighted by Crippen LogP contribution is 1.97. The van der Waals surface area contributed by atoms with E-state index in [1.807, 2.05) is 6.08 Å². The number of nitrogens with zero attached hydrogens (tertiary/aromatic N) is 1. The SMILES string of the molecule is C=CCCN1CCNCC(O)C1. The number of hydrogen-bond donors (Lipinski definition) is 2. The Bertz CT molecular complexity index is 138. The summed E-state index contributed by atoms with van der Waals surface area (Å²) in [4.78, 5) is 2.27. The van der Waals surface area contributed by atoms with Gasteiger partial charge < -0.3 is 10.4 Å². The van der Waals surface area contributed by atoms with Crippen LogP contribution in [0.3, 0.4) is 0 Å². The topological polar surface area (TPSA) is 35.5 Å². The molecule has 0 aromatic carbocycles. The average molecular weight is 170 g/mol. The van der Waals surface area contributed by atoms with Crippen molar-refractivity contribution in [3.05, 3.63) is 12.7 Å². The van der Waals surface area contributed by atoms with Gasteiger partial charge in [0.05, 0.1) is 6.10 Å². The Labute approximate surface area is 74.1 Å². The maximum Gasteiger partial charge on any atom is 0.0791 e. The molecule has 3 nitrogen and oxygen atoms in total. The van der Waals surface area contributed by atoms with Gasteiger partial charge in [0.2, 0.25) is 0 Å². The summed E-state index contributed by atoms with van der Waals surface area (Å²) in [6.45, 7) is 8.23. The summed E-state index contributed by atoms with van der Waals surface area (Å²) in [5.41, 5.74) is 0. The molecule has 1 atom stereocenters. The number of rotatable bonds is 3. The van der Waals surface area contributed by atoms with Gasteiger partial charge in [-0.15, -0.1) is 6.58 Å². The van der Waals surface area contributed by atoms with Crippen molar-refractivity contribution >= 4 is 0 Å². The molecule has 70 valence electrons. The van der Waals surface area contributed by atoms with Crippen LogP contribution < -0.4 is 5.32 Å². The molecule has 0 aromatic heterocycles. The van der Waals surface area contributed by atoms with Gasteiger partial charge in [0.1, 0.15) is 0 Å². The molecule has 0 aromatic rings. The van der Waals surface area contributed by atoms with Gasteiger partial charge in [-0.1, -0.05) is 6.08 Å². The van der Waals surface area contributed by atoms with Crippen molar-refractivity contribution < 1.29 is 5.11 Å². The van der Waals surface area contributed by atoms with Gasteiger partial charge in [0.15, 0.2) is 0 Å². The molecule has 3 heteroatoms. The maximum absolute atomic E-state index is 9.43. The van der Waals surface area contributed by atoms with E-state index in [0.717, 1.165) is 39.1 Å². The molecule has 1 saturated heterocycles. The zero-order valence-corrected chi connectivity index (χ0v) is 7.50. The fraction of sp³-hybridized carbons (Fsp3) is 0.778. The largest absolute Gasteiger partial charge is 0.390 e. The Morgan fingerprint density at radius 2 is 2.50 bits per heavy atom. The summed E-state index contributed by atoms with van der Waals surface area (Å²) in [6.07, 6.45) is 2.72. The van der Waals surface area contributed by atoms with Crippen LogP contribution in [0.4, 0.5) is 0 Å². The number of hydrogen-bond acceptors (Lipinski definition) is 3. The number of β-amino-alcohol motifs (C(OH)–C–C–N with tert-alkyl or cyclic N) is 1. The third kappa shape index (κ3) is 3.34. The standard InChI is InChI=1S/C9H18N2O/c1-2-3-5-11-6-4-10-7-9(12)8-11/h2,9-10,12H,1,3-8H2. The second kappa shape index (κ2) is 5.30. The molecule has 0 aliphatic carbocycles. The van der Waals surface area contributed by atoms with Crippen molar-refractivity contribution in [2.45, 2.75) is 12.5 Å². The summed E-state index contributed by atoms with van der Waals surface area (Å²) in [6, 6.07) is 0. The van der Waals surface area contributed by atoms with Gasteiger partial charge in [0.25, 0.3) is 0 Å². The Hall–Kier alpha value is -0.380. The van der Waals surface area contributed by atoms with Crippen LogP contribution in [-0.2, 0) is 0 Å². The molecule has 1 unspecified atom stereocenters. The summed E-state index contributed by atoms with van der Waals surface area (Å²) < 4.78 is 0. The van der Waals surface area contributed by atoms with E-state index in [0.29, 0.717) is 0 Å². The molecule has 0 saturated carbocycles. The van der Waals surface area contributed by atoms with E-state index < -0.39 is 0 Å². The lowest BCUT2D eigenvalue weighted by Gasteiger charge is -2.20. The lowest BCUT2D eigenvalue weighted by molar-refractivity contribution is 0.131. The predicted molar refractivity (Wildman–Crippen MR) is 50.1 cm³/mol. The monoisotopic (exact) mass is 170 g/mol. The zero-order chi connectivity index (χ0) is 8.81. The van der Waals surface area contributed by atoms with Crippen LogP contribution in [0.5, 0.6) is 0 Å². The van der Waals surface area contributed by atoms with E-state index in [9.17, 15) is 5.11 Å². The second-order valence-electron chi connectivity index (χ2n) is 3.24. The molecule has 1 rings (SSSR count). The summed E-state index contributed by atoms with van der Waals surface area (Å²) in [7, 11) is 0. The van der Waals surface area contributed by atoms with Crippen LogP contribution in [0.1, 0.15) is 6.42 Å². The van der Waals surface area contributed by atoms with Gasteiger partial charge in [-0.25, -0.2) is 0 Å². The third-order valence-corrected chi connectivity index (χ3v) is 2.10. The smallest absolute Gasteiger partial charge is 0.0791 e. The van der Waals surface area contributed by atoms with Crippen LogP contribution in [0, 0.1) is 0 Å². The van der Waals surface area contributed by atoms with E-state index in [1.165, 1.54) is 0 Å². The predicted octanol–water partition coefficient (Wildman–Crippen LogP) is -0.171. The van der Waals surface area contributed by atoms with E-state index in [1.54, 1.807) is 0 Å². The molecule has 1 aliphatic heterocycles. The molecule has 0 amide bonds. The molecule has 1 aliphatic rings. The maximum atomic E-state index is 9.43. The van der Waals surface area contributed by atoms with Crippen molar-refractivity contribution in [1.29, 1.82) is 0 Å². The van der Waals surface area contributed by atoms with Crippen LogP contribution in [0.15, 0.2) is 12.7 Å². The first-order valence-corrected chi connectivity index (χ1v) is 4.55. The van der Waals surface area contributed by atoms with Crippen LogP contribution in [-0.4, -0.2) is 48.8 Å². The molecule has 1 fully saturated rings. The number of nitrogens with one attached hydrogen (secondary N) is 1. The molecule has 0 spiro atoms. The lowest BCUT2D eigenvalue weighted by Crippen LogP contribution is -2.33. The normalized spacial score (nSPS) is 26.6. The van der Waals surface area contributed by atoms with Gasteiger partial charge >= 0.3 is 0 Å². The summed E-state index contributed by atoms with van der Waals surface area (Å²) >= 11 is 0. The first-order chi connectivity index (χ1) is 5.83. The van der Waals surface area contributed by atoms with E-state index >= 15 is 0 Å². The van der Waals surface area contributed by atoms with E-state index in [4.69, 9.17) is 0 Å². The Morgan fingerprint density at radius 1 is 1.67 bits per heavy atom. The van der Waals surface area contributed by atoms with Crippen molar-refractivity contribution in [2.75, 3.05) is 32.7 Å². The van der Waals surface area contributed by atoms with Crippen molar-refractivity contribution in [3.8, 4) is 0 Å². The van der Waals surface area contributed by atoms with E-state index in [2.05, 4.69) is 16.8 Å². The van der Waals surface area contributed by atoms with Crippen LogP contribution >= 0.6 is 0 Å². The minimum absolute atomic E-state index is 0.211. The Balaban J connectivity index is 2.25. The molecule has 0 bridgehead atoms. The van der Waals surface area contributed by atoms with Crippen molar-refractivity contribution in [2.24, 2.45) is 0 Å². The zero-order valence-electron chi connectivity index (χ0n) is 7.50. The third-order valence-electron chi connectivity index (χ3n) is 2.10. The molecular weight excluding hydrogens is 152 g/mol. The Kier molecular flexibility index (Phi) is 4.29. The highest BCUT2D eigenvalue weighted by atomic mass is 16.3. The average Bonchev–Trinajstić information content (AvgIpc) is 2.26. The molecule has 2 N–H and O–H groups in total. The fourth-order valence-corrected chi connectivity index (χ4v) is 1.44. The minimum atomic E-state index is -0.211. The van der Waals surface area contributed by atoms with Gasteiger partial charge in [-0.3, -0.25) is 4.90 Å². The van der Waals surface area contributed by atoms with Crippen LogP contribution in [0.25, 0.3) is 0 Å². The summed E-state index contributed by atoms with van der Waals surface area (Å²) in [5, 5.41) is 12.6. The molecule has 1 heterocycles. The molecule has 0 radical (unpaired) electrons. The highest BCUT2D eigenvalue weighted by Gasteiger charge is 2.13. The fourth-order valence-electron chi connectivity index (χ4n) is 1.44. The second-order valence-corrected chi connectivity index (χ2v) is 3.24. The highest BCUT2D eigenvalue weighted by molar-refractivity contribution is 4.75. The van der Waals surface area contributed by atoms with Crippen molar-refractivity contribution in [3.63, 3.8) is 0 Å². The summed E-state index contributed by atoms with van der Waals surface area (Å²) in [5.74, 6) is 0. The first-order valence-electron chi connectivity index (χ1n) is 4.55. The van der Waals surface area contributed by atoms with Gasteiger partial charge in [-0.2, -0.15) is 0 Å².